The molecule has 8 heteroatoms. The zero-order chi connectivity index (χ0) is 22.3. The van der Waals surface area contributed by atoms with Gasteiger partial charge in [-0.25, -0.2) is 9.18 Å². The standard InChI is InChI=1S/C23H22FNO5S/c1-11-16(12-7-9-15(24)10-8-12)19(23(29)30-2)21(31-11)25-20(26)17-13-3-5-14(6-4-13)18(17)22(27)28/h3,5,7-10,13-14,17-18H,4,6H2,1-2H3,(H,25,26)(H,27,28)/t13-,14-,17+,18-/m0/s1. The second-order valence-corrected chi connectivity index (χ2v) is 9.13. The van der Waals surface area contributed by atoms with Crippen molar-refractivity contribution in [3.8, 4) is 11.1 Å². The van der Waals surface area contributed by atoms with Gasteiger partial charge in [0.15, 0.2) is 0 Å². The van der Waals surface area contributed by atoms with E-state index in [-0.39, 0.29) is 17.4 Å². The fraction of sp³-hybridized carbons (Fsp3) is 0.348. The van der Waals surface area contributed by atoms with Gasteiger partial charge >= 0.3 is 11.9 Å². The van der Waals surface area contributed by atoms with E-state index >= 15 is 0 Å². The van der Waals surface area contributed by atoms with Crippen LogP contribution in [-0.2, 0) is 14.3 Å². The van der Waals surface area contributed by atoms with E-state index < -0.39 is 35.5 Å². The highest BCUT2D eigenvalue weighted by Gasteiger charge is 2.48. The normalized spacial score (nSPS) is 24.1. The number of halogens is 1. The molecule has 1 saturated carbocycles. The maximum absolute atomic E-state index is 13.4. The summed E-state index contributed by atoms with van der Waals surface area (Å²) in [6.45, 7) is 1.80. The number of aliphatic carboxylic acids is 1. The van der Waals surface area contributed by atoms with Gasteiger partial charge in [-0.2, -0.15) is 0 Å². The van der Waals surface area contributed by atoms with Crippen LogP contribution in [0.4, 0.5) is 9.39 Å². The Morgan fingerprint density at radius 1 is 1.10 bits per heavy atom. The van der Waals surface area contributed by atoms with Gasteiger partial charge < -0.3 is 15.2 Å². The SMILES string of the molecule is COC(=O)c1c(NC(=O)[C@H]2[C@@H](C(=O)O)[C@H]3C=C[C@H]2CC3)sc(C)c1-c1ccc(F)cc1. The zero-order valence-corrected chi connectivity index (χ0v) is 17.9. The molecule has 0 unspecified atom stereocenters. The summed E-state index contributed by atoms with van der Waals surface area (Å²) >= 11 is 1.21. The van der Waals surface area contributed by atoms with E-state index in [2.05, 4.69) is 5.32 Å². The van der Waals surface area contributed by atoms with E-state index in [1.165, 1.54) is 30.6 Å². The molecule has 0 radical (unpaired) electrons. The number of carbonyl (C=O) groups excluding carboxylic acids is 2. The molecule has 6 nitrogen and oxygen atoms in total. The highest BCUT2D eigenvalue weighted by Crippen LogP contribution is 2.46. The van der Waals surface area contributed by atoms with Gasteiger partial charge in [-0.05, 0) is 49.3 Å². The van der Waals surface area contributed by atoms with Crippen LogP contribution < -0.4 is 5.32 Å². The highest BCUT2D eigenvalue weighted by atomic mass is 32.1. The van der Waals surface area contributed by atoms with E-state index in [1.807, 2.05) is 12.2 Å². The highest BCUT2D eigenvalue weighted by molar-refractivity contribution is 7.17. The third-order valence-electron chi connectivity index (χ3n) is 6.18. The molecule has 1 amide bonds. The number of carbonyl (C=O) groups is 3. The number of ether oxygens (including phenoxy) is 1. The molecule has 2 N–H and O–H groups in total. The molecule has 162 valence electrons. The summed E-state index contributed by atoms with van der Waals surface area (Å²) in [6, 6.07) is 5.73. The van der Waals surface area contributed by atoms with E-state index in [0.717, 1.165) is 17.7 Å². The minimum absolute atomic E-state index is 0.148. The van der Waals surface area contributed by atoms with Crippen molar-refractivity contribution in [2.45, 2.75) is 19.8 Å². The second-order valence-electron chi connectivity index (χ2n) is 7.90. The molecule has 3 aliphatic carbocycles. The Labute approximate surface area is 182 Å². The Bertz CT molecular complexity index is 1070. The average Bonchev–Trinajstić information content (AvgIpc) is 3.09. The first kappa shape index (κ1) is 21.2. The topological polar surface area (TPSA) is 92.7 Å². The molecule has 1 aromatic carbocycles. The fourth-order valence-electron chi connectivity index (χ4n) is 4.78. The summed E-state index contributed by atoms with van der Waals surface area (Å²) in [6.07, 6.45) is 5.35. The van der Waals surface area contributed by atoms with Crippen LogP contribution in [0.5, 0.6) is 0 Å². The molecule has 1 heterocycles. The molecule has 1 aromatic heterocycles. The molecule has 2 aromatic rings. The second kappa shape index (κ2) is 8.26. The Morgan fingerprint density at radius 2 is 1.71 bits per heavy atom. The number of hydrogen-bond acceptors (Lipinski definition) is 5. The van der Waals surface area contributed by atoms with Crippen LogP contribution in [0.3, 0.4) is 0 Å². The lowest BCUT2D eigenvalue weighted by molar-refractivity contribution is -0.151. The Hall–Kier alpha value is -3.00. The first-order valence-corrected chi connectivity index (χ1v) is 10.8. The minimum atomic E-state index is -0.984. The van der Waals surface area contributed by atoms with Gasteiger partial charge in [0.05, 0.1) is 18.9 Å². The van der Waals surface area contributed by atoms with Crippen molar-refractivity contribution in [2.24, 2.45) is 23.7 Å². The quantitative estimate of drug-likeness (QED) is 0.524. The number of rotatable bonds is 5. The zero-order valence-electron chi connectivity index (χ0n) is 17.1. The number of carboxylic acid groups (broad SMARTS) is 1. The van der Waals surface area contributed by atoms with Crippen LogP contribution in [0, 0.1) is 36.4 Å². The minimum Gasteiger partial charge on any atom is -0.481 e. The molecule has 0 spiro atoms. The van der Waals surface area contributed by atoms with Gasteiger partial charge in [-0.3, -0.25) is 9.59 Å². The number of hydrogen-bond donors (Lipinski definition) is 2. The lowest BCUT2D eigenvalue weighted by atomic mass is 9.62. The average molecular weight is 443 g/mol. The first-order valence-electron chi connectivity index (χ1n) is 10.0. The predicted molar refractivity (Wildman–Crippen MR) is 114 cm³/mol. The lowest BCUT2D eigenvalue weighted by Gasteiger charge is -2.41. The third-order valence-corrected chi connectivity index (χ3v) is 7.20. The van der Waals surface area contributed by atoms with Crippen molar-refractivity contribution in [2.75, 3.05) is 12.4 Å². The van der Waals surface area contributed by atoms with Crippen molar-refractivity contribution >= 4 is 34.2 Å². The first-order chi connectivity index (χ1) is 14.8. The van der Waals surface area contributed by atoms with Gasteiger partial charge in [0.1, 0.15) is 16.4 Å². The molecule has 5 rings (SSSR count). The molecule has 2 bridgehead atoms. The summed E-state index contributed by atoms with van der Waals surface area (Å²) in [5.74, 6) is -4.23. The molecule has 1 fully saturated rings. The lowest BCUT2D eigenvalue weighted by Crippen LogP contribution is -2.47. The number of methoxy groups -OCH3 is 1. The summed E-state index contributed by atoms with van der Waals surface area (Å²) in [4.78, 5) is 38.5. The van der Waals surface area contributed by atoms with Crippen molar-refractivity contribution in [1.29, 1.82) is 0 Å². The van der Waals surface area contributed by atoms with Gasteiger partial charge in [0.2, 0.25) is 5.91 Å². The molecule has 0 aliphatic heterocycles. The number of aryl methyl sites for hydroxylation is 1. The van der Waals surface area contributed by atoms with Crippen molar-refractivity contribution in [1.82, 2.24) is 0 Å². The number of carboxylic acids is 1. The maximum Gasteiger partial charge on any atom is 0.341 e. The van der Waals surface area contributed by atoms with Gasteiger partial charge in [0, 0.05) is 10.4 Å². The monoisotopic (exact) mass is 443 g/mol. The smallest absolute Gasteiger partial charge is 0.341 e. The van der Waals surface area contributed by atoms with Gasteiger partial charge in [-0.15, -0.1) is 11.3 Å². The molecule has 0 saturated heterocycles. The largest absolute Gasteiger partial charge is 0.481 e. The summed E-state index contributed by atoms with van der Waals surface area (Å²) in [5, 5.41) is 12.9. The number of benzene rings is 1. The Balaban J connectivity index is 1.71. The van der Waals surface area contributed by atoms with Crippen LogP contribution in [-0.4, -0.2) is 30.1 Å². The summed E-state index contributed by atoms with van der Waals surface area (Å²) in [7, 11) is 1.25. The molecule has 4 atom stereocenters. The van der Waals surface area contributed by atoms with Crippen LogP contribution in [0.1, 0.15) is 28.1 Å². The number of amides is 1. The molecule has 31 heavy (non-hydrogen) atoms. The maximum atomic E-state index is 13.4. The number of thiophene rings is 1. The fourth-order valence-corrected chi connectivity index (χ4v) is 5.84. The van der Waals surface area contributed by atoms with Crippen LogP contribution in [0.15, 0.2) is 36.4 Å². The summed E-state index contributed by atoms with van der Waals surface area (Å²) in [5.41, 5.74) is 1.37. The molecular formula is C23H22FNO5S. The van der Waals surface area contributed by atoms with Crippen LogP contribution >= 0.6 is 11.3 Å². The van der Waals surface area contributed by atoms with E-state index in [4.69, 9.17) is 4.74 Å². The molecular weight excluding hydrogens is 421 g/mol. The number of fused-ring (bicyclic) bond motifs is 2. The van der Waals surface area contributed by atoms with Gasteiger partial charge in [-0.1, -0.05) is 24.3 Å². The van der Waals surface area contributed by atoms with E-state index in [9.17, 15) is 23.9 Å². The van der Waals surface area contributed by atoms with E-state index in [1.54, 1.807) is 19.1 Å². The van der Waals surface area contributed by atoms with Crippen LogP contribution in [0.25, 0.3) is 11.1 Å². The Morgan fingerprint density at radius 3 is 2.26 bits per heavy atom. The number of allylic oxidation sites excluding steroid dienone is 2. The van der Waals surface area contributed by atoms with Crippen LogP contribution in [0.2, 0.25) is 0 Å². The number of anilines is 1. The molecule has 3 aliphatic rings. The third kappa shape index (κ3) is 3.76. The number of nitrogens with one attached hydrogen (secondary N) is 1. The van der Waals surface area contributed by atoms with E-state index in [0.29, 0.717) is 16.1 Å². The Kier molecular flexibility index (Phi) is 5.66. The predicted octanol–water partition coefficient (Wildman–Crippen LogP) is 4.50. The number of esters is 1. The van der Waals surface area contributed by atoms with Gasteiger partial charge in [0.25, 0.3) is 0 Å². The van der Waals surface area contributed by atoms with Crippen molar-refractivity contribution < 1.29 is 28.6 Å². The summed E-state index contributed by atoms with van der Waals surface area (Å²) < 4.78 is 18.3. The van der Waals surface area contributed by atoms with Crippen molar-refractivity contribution in [3.05, 3.63) is 52.7 Å². The van der Waals surface area contributed by atoms with Crippen molar-refractivity contribution in [3.63, 3.8) is 0 Å².